The van der Waals surface area contributed by atoms with Gasteiger partial charge in [0.05, 0.1) is 30.0 Å². The van der Waals surface area contributed by atoms with E-state index in [1.807, 2.05) is 42.6 Å². The van der Waals surface area contributed by atoms with E-state index in [4.69, 9.17) is 14.7 Å². The van der Waals surface area contributed by atoms with Crippen LogP contribution in [0.4, 0.5) is 17.6 Å². The Morgan fingerprint density at radius 1 is 1.09 bits per heavy atom. The Morgan fingerprint density at radius 3 is 2.94 bits per heavy atom. The lowest BCUT2D eigenvalue weighted by molar-refractivity contribution is 0.0965. The maximum atomic E-state index is 11.8. The van der Waals surface area contributed by atoms with Gasteiger partial charge in [-0.05, 0) is 48.4 Å². The van der Waals surface area contributed by atoms with Crippen LogP contribution in [-0.2, 0) is 11.3 Å². The van der Waals surface area contributed by atoms with Crippen LogP contribution >= 0.6 is 0 Å². The maximum absolute atomic E-state index is 11.8. The average Bonchev–Trinajstić information content (AvgIpc) is 3.60. The molecule has 2 N–H and O–H groups in total. The molecule has 2 saturated heterocycles. The number of ether oxygens (including phenoxy) is 1. The van der Waals surface area contributed by atoms with Crippen LogP contribution in [0.1, 0.15) is 22.3 Å². The van der Waals surface area contributed by atoms with E-state index in [9.17, 15) is 4.79 Å². The van der Waals surface area contributed by atoms with Crippen molar-refractivity contribution in [1.29, 1.82) is 0 Å². The average molecular weight is 451 g/mol. The fraction of sp³-hybridized carbons (Fsp3) is 0.240. The van der Waals surface area contributed by atoms with Crippen molar-refractivity contribution in [2.45, 2.75) is 25.1 Å². The molecule has 3 aliphatic rings. The molecule has 2 aromatic carbocycles. The summed E-state index contributed by atoms with van der Waals surface area (Å²) >= 11 is 0. The van der Waals surface area contributed by atoms with Crippen molar-refractivity contribution in [2.24, 2.45) is 0 Å². The first-order chi connectivity index (χ1) is 16.7. The summed E-state index contributed by atoms with van der Waals surface area (Å²) in [7, 11) is 0. The Kier molecular flexibility index (Phi) is 4.25. The number of carbonyl (C=O) groups excluding carboxylic acids is 1. The van der Waals surface area contributed by atoms with Crippen LogP contribution in [0.3, 0.4) is 0 Å². The van der Waals surface area contributed by atoms with Crippen LogP contribution in [0.25, 0.3) is 22.2 Å². The summed E-state index contributed by atoms with van der Waals surface area (Å²) in [6.45, 7) is 2.16. The van der Waals surface area contributed by atoms with Crippen LogP contribution in [0.15, 0.2) is 54.9 Å². The number of rotatable bonds is 4. The summed E-state index contributed by atoms with van der Waals surface area (Å²) in [5.41, 5.74) is 5.20. The van der Waals surface area contributed by atoms with Gasteiger partial charge < -0.3 is 20.3 Å². The topological polar surface area (TPSA) is 105 Å². The van der Waals surface area contributed by atoms with Gasteiger partial charge in [-0.1, -0.05) is 6.07 Å². The molecule has 168 valence electrons. The van der Waals surface area contributed by atoms with E-state index in [0.29, 0.717) is 30.2 Å². The number of nitrogens with zero attached hydrogens (tertiary/aromatic N) is 5. The summed E-state index contributed by atoms with van der Waals surface area (Å²) in [6, 6.07) is 14.0. The smallest absolute Gasteiger partial charge is 0.251 e. The van der Waals surface area contributed by atoms with Crippen LogP contribution in [0, 0.1) is 0 Å². The van der Waals surface area contributed by atoms with Crippen LogP contribution in [0.2, 0.25) is 0 Å². The van der Waals surface area contributed by atoms with E-state index in [2.05, 4.69) is 31.6 Å². The highest BCUT2D eigenvalue weighted by molar-refractivity contribution is 5.98. The second kappa shape index (κ2) is 7.46. The molecule has 5 heterocycles. The fourth-order valence-electron chi connectivity index (χ4n) is 4.98. The standard InChI is InChI=1S/C25H21N7O2/c33-23-20-3-2-17(8-15(20)10-27-23)29-24-26-6-5-22(30-24)14-1-4-21-16(7-14)11-28-25(31-21)32-12-19-9-18(32)13-34-19/h1-8,11,18-19H,9-10,12-13H2,(H,27,33)(H,26,29,30). The number of fused-ring (bicyclic) bond motifs is 4. The third-order valence-corrected chi connectivity index (χ3v) is 6.72. The first-order valence-corrected chi connectivity index (χ1v) is 11.4. The van der Waals surface area contributed by atoms with Gasteiger partial charge in [-0.2, -0.15) is 0 Å². The minimum Gasteiger partial charge on any atom is -0.374 e. The number of carbonyl (C=O) groups is 1. The lowest BCUT2D eigenvalue weighted by Crippen LogP contribution is -2.38. The van der Waals surface area contributed by atoms with E-state index < -0.39 is 0 Å². The van der Waals surface area contributed by atoms with Crippen molar-refractivity contribution in [1.82, 2.24) is 25.3 Å². The summed E-state index contributed by atoms with van der Waals surface area (Å²) in [6.07, 6.45) is 4.99. The molecule has 4 aromatic rings. The molecule has 2 aromatic heterocycles. The number of hydrogen-bond acceptors (Lipinski definition) is 8. The summed E-state index contributed by atoms with van der Waals surface area (Å²) < 4.78 is 5.70. The molecule has 2 atom stereocenters. The van der Waals surface area contributed by atoms with E-state index in [1.165, 1.54) is 0 Å². The van der Waals surface area contributed by atoms with Crippen molar-refractivity contribution in [2.75, 3.05) is 23.4 Å². The SMILES string of the molecule is O=C1NCc2cc(Nc3nccc(-c4ccc5nc(N6CC7CC6CO7)ncc5c4)n3)ccc21. The Hall–Kier alpha value is -4.11. The molecule has 7 rings (SSSR count). The van der Waals surface area contributed by atoms with Gasteiger partial charge in [0.1, 0.15) is 0 Å². The van der Waals surface area contributed by atoms with Gasteiger partial charge in [0.25, 0.3) is 5.91 Å². The highest BCUT2D eigenvalue weighted by atomic mass is 16.5. The highest BCUT2D eigenvalue weighted by Gasteiger charge is 2.40. The lowest BCUT2D eigenvalue weighted by atomic mass is 10.1. The number of morpholine rings is 1. The minimum absolute atomic E-state index is 0.0334. The highest BCUT2D eigenvalue weighted by Crippen LogP contribution is 2.32. The zero-order valence-electron chi connectivity index (χ0n) is 18.2. The van der Waals surface area contributed by atoms with Gasteiger partial charge in [0.15, 0.2) is 0 Å². The quantitative estimate of drug-likeness (QED) is 0.488. The molecular formula is C25H21N7O2. The fourth-order valence-corrected chi connectivity index (χ4v) is 4.98. The Bertz CT molecular complexity index is 1460. The Labute approximate surface area is 195 Å². The van der Waals surface area contributed by atoms with Gasteiger partial charge >= 0.3 is 0 Å². The first kappa shape index (κ1) is 19.4. The summed E-state index contributed by atoms with van der Waals surface area (Å²) in [5, 5.41) is 7.04. The molecule has 2 bridgehead atoms. The third kappa shape index (κ3) is 3.24. The van der Waals surface area contributed by atoms with Gasteiger partial charge in [0, 0.05) is 47.7 Å². The monoisotopic (exact) mass is 451 g/mol. The molecule has 34 heavy (non-hydrogen) atoms. The van der Waals surface area contributed by atoms with Gasteiger partial charge in [-0.3, -0.25) is 4.79 Å². The minimum atomic E-state index is -0.0334. The van der Waals surface area contributed by atoms with Gasteiger partial charge in [-0.15, -0.1) is 0 Å². The summed E-state index contributed by atoms with van der Waals surface area (Å²) in [5.74, 6) is 1.23. The van der Waals surface area contributed by atoms with Crippen LogP contribution in [0.5, 0.6) is 0 Å². The molecule has 0 saturated carbocycles. The number of anilines is 3. The predicted octanol–water partition coefficient (Wildman–Crippen LogP) is 3.05. The van der Waals surface area contributed by atoms with E-state index in [-0.39, 0.29) is 5.91 Å². The molecule has 9 nitrogen and oxygen atoms in total. The molecule has 0 aliphatic carbocycles. The predicted molar refractivity (Wildman–Crippen MR) is 127 cm³/mol. The Balaban J connectivity index is 1.15. The number of benzene rings is 2. The number of nitrogens with one attached hydrogen (secondary N) is 2. The lowest BCUT2D eigenvalue weighted by Gasteiger charge is -2.26. The van der Waals surface area contributed by atoms with Gasteiger partial charge in [-0.25, -0.2) is 19.9 Å². The normalized spacial score (nSPS) is 20.6. The number of aromatic nitrogens is 4. The van der Waals surface area contributed by atoms with Crippen LogP contribution in [-0.4, -0.2) is 51.1 Å². The van der Waals surface area contributed by atoms with Crippen molar-refractivity contribution in [3.63, 3.8) is 0 Å². The zero-order valence-corrected chi connectivity index (χ0v) is 18.2. The second-order valence-corrected chi connectivity index (χ2v) is 8.89. The molecule has 3 aliphatic heterocycles. The molecule has 2 fully saturated rings. The van der Waals surface area contributed by atoms with Crippen molar-refractivity contribution in [3.8, 4) is 11.3 Å². The molecule has 2 unspecified atom stereocenters. The first-order valence-electron chi connectivity index (χ1n) is 11.4. The largest absolute Gasteiger partial charge is 0.374 e. The molecule has 0 radical (unpaired) electrons. The third-order valence-electron chi connectivity index (χ3n) is 6.72. The summed E-state index contributed by atoms with van der Waals surface area (Å²) in [4.78, 5) is 32.5. The molecule has 9 heteroatoms. The van der Waals surface area contributed by atoms with Gasteiger partial charge in [0.2, 0.25) is 11.9 Å². The van der Waals surface area contributed by atoms with E-state index >= 15 is 0 Å². The Morgan fingerprint density at radius 2 is 2.06 bits per heavy atom. The maximum Gasteiger partial charge on any atom is 0.251 e. The zero-order chi connectivity index (χ0) is 22.6. The van der Waals surface area contributed by atoms with E-state index in [1.54, 1.807) is 6.20 Å². The van der Waals surface area contributed by atoms with Crippen molar-refractivity contribution >= 4 is 34.4 Å². The number of amides is 1. The second-order valence-electron chi connectivity index (χ2n) is 8.89. The van der Waals surface area contributed by atoms with Crippen molar-refractivity contribution in [3.05, 3.63) is 66.0 Å². The molecular weight excluding hydrogens is 430 g/mol. The number of hydrogen-bond donors (Lipinski definition) is 2. The molecule has 0 spiro atoms. The van der Waals surface area contributed by atoms with E-state index in [0.717, 1.165) is 58.9 Å². The van der Waals surface area contributed by atoms with Crippen molar-refractivity contribution < 1.29 is 9.53 Å². The van der Waals surface area contributed by atoms with Crippen LogP contribution < -0.4 is 15.5 Å². The molecule has 1 amide bonds.